The zero-order valence-electron chi connectivity index (χ0n) is 13.2. The summed E-state index contributed by atoms with van der Waals surface area (Å²) in [5.41, 5.74) is 4.12. The maximum Gasteiger partial charge on any atom is 0.222 e. The Morgan fingerprint density at radius 2 is 1.82 bits per heavy atom. The minimum Gasteiger partial charge on any atom is -0.340 e. The van der Waals surface area contributed by atoms with Gasteiger partial charge < -0.3 is 10.2 Å². The molecule has 1 heterocycles. The maximum atomic E-state index is 12.2. The number of carbonyl (C=O) groups excluding carboxylic acids is 1. The third kappa shape index (κ3) is 3.82. The first-order chi connectivity index (χ1) is 10.7. The number of fused-ring (bicyclic) bond motifs is 1. The molecule has 1 aromatic carbocycles. The molecule has 1 N–H and O–H groups in total. The number of aryl methyl sites for hydroxylation is 3. The SMILES string of the molecule is O=C(CCCc1cc2c(cc1Cl)CCCC2)N1CCNCC1. The zero-order chi connectivity index (χ0) is 15.4. The van der Waals surface area contributed by atoms with Gasteiger partial charge in [-0.05, 0) is 61.3 Å². The van der Waals surface area contributed by atoms with Crippen LogP contribution in [0.3, 0.4) is 0 Å². The molecule has 0 unspecified atom stereocenters. The molecule has 3 nitrogen and oxygen atoms in total. The Labute approximate surface area is 138 Å². The lowest BCUT2D eigenvalue weighted by atomic mass is 9.89. The summed E-state index contributed by atoms with van der Waals surface area (Å²) < 4.78 is 0. The molecule has 1 aromatic rings. The van der Waals surface area contributed by atoms with Crippen molar-refractivity contribution in [2.45, 2.75) is 44.9 Å². The van der Waals surface area contributed by atoms with Crippen molar-refractivity contribution in [1.82, 2.24) is 10.2 Å². The Hall–Kier alpha value is -1.06. The van der Waals surface area contributed by atoms with E-state index in [-0.39, 0.29) is 5.91 Å². The number of hydrogen-bond donors (Lipinski definition) is 1. The van der Waals surface area contributed by atoms with Crippen LogP contribution in [0, 0.1) is 0 Å². The van der Waals surface area contributed by atoms with Gasteiger partial charge in [0.05, 0.1) is 0 Å². The van der Waals surface area contributed by atoms with Crippen molar-refractivity contribution in [3.05, 3.63) is 33.8 Å². The van der Waals surface area contributed by atoms with Gasteiger partial charge in [-0.25, -0.2) is 0 Å². The van der Waals surface area contributed by atoms with E-state index >= 15 is 0 Å². The van der Waals surface area contributed by atoms with Gasteiger partial charge in [-0.3, -0.25) is 4.79 Å². The number of piperazine rings is 1. The molecule has 22 heavy (non-hydrogen) atoms. The first-order valence-electron chi connectivity index (χ1n) is 8.53. The highest BCUT2D eigenvalue weighted by Crippen LogP contribution is 2.28. The predicted octanol–water partition coefficient (Wildman–Crippen LogP) is 2.97. The number of nitrogens with one attached hydrogen (secondary N) is 1. The third-order valence-corrected chi connectivity index (χ3v) is 5.17. The number of hydrogen-bond acceptors (Lipinski definition) is 2. The number of nitrogens with zero attached hydrogens (tertiary/aromatic N) is 1. The van der Waals surface area contributed by atoms with E-state index < -0.39 is 0 Å². The smallest absolute Gasteiger partial charge is 0.222 e. The fourth-order valence-electron chi connectivity index (χ4n) is 3.50. The molecular weight excluding hydrogens is 296 g/mol. The monoisotopic (exact) mass is 320 g/mol. The molecule has 0 spiro atoms. The van der Waals surface area contributed by atoms with E-state index in [1.165, 1.54) is 36.0 Å². The van der Waals surface area contributed by atoms with E-state index in [0.717, 1.165) is 50.5 Å². The molecule has 4 heteroatoms. The van der Waals surface area contributed by atoms with Crippen molar-refractivity contribution < 1.29 is 4.79 Å². The Bertz CT molecular complexity index is 538. The average Bonchev–Trinajstić information content (AvgIpc) is 2.56. The molecule has 1 saturated heterocycles. The van der Waals surface area contributed by atoms with Crippen LogP contribution in [0.15, 0.2) is 12.1 Å². The largest absolute Gasteiger partial charge is 0.340 e. The van der Waals surface area contributed by atoms with Gasteiger partial charge in [-0.1, -0.05) is 17.7 Å². The highest BCUT2D eigenvalue weighted by molar-refractivity contribution is 6.31. The normalized spacial score (nSPS) is 18.1. The van der Waals surface area contributed by atoms with E-state index in [2.05, 4.69) is 17.4 Å². The molecule has 0 atom stereocenters. The summed E-state index contributed by atoms with van der Waals surface area (Å²) in [5, 5.41) is 4.16. The third-order valence-electron chi connectivity index (χ3n) is 4.82. The highest BCUT2D eigenvalue weighted by Gasteiger charge is 2.16. The quantitative estimate of drug-likeness (QED) is 0.925. The lowest BCUT2D eigenvalue weighted by Gasteiger charge is -2.27. The topological polar surface area (TPSA) is 32.3 Å². The summed E-state index contributed by atoms with van der Waals surface area (Å²) in [4.78, 5) is 14.1. The van der Waals surface area contributed by atoms with E-state index in [9.17, 15) is 4.79 Å². The van der Waals surface area contributed by atoms with Gasteiger partial charge in [-0.2, -0.15) is 0 Å². The van der Waals surface area contributed by atoms with Gasteiger partial charge in [0, 0.05) is 37.6 Å². The van der Waals surface area contributed by atoms with Gasteiger partial charge in [0.25, 0.3) is 0 Å². The minimum absolute atomic E-state index is 0.288. The maximum absolute atomic E-state index is 12.2. The van der Waals surface area contributed by atoms with Crippen LogP contribution in [0.5, 0.6) is 0 Å². The van der Waals surface area contributed by atoms with Crippen LogP contribution in [-0.2, 0) is 24.1 Å². The zero-order valence-corrected chi connectivity index (χ0v) is 13.9. The molecule has 0 aromatic heterocycles. The van der Waals surface area contributed by atoms with Crippen LogP contribution in [0.1, 0.15) is 42.4 Å². The van der Waals surface area contributed by atoms with Crippen LogP contribution in [0.2, 0.25) is 5.02 Å². The summed E-state index contributed by atoms with van der Waals surface area (Å²) in [6.45, 7) is 3.53. The van der Waals surface area contributed by atoms with Crippen molar-refractivity contribution in [1.29, 1.82) is 0 Å². The standard InChI is InChI=1S/C18H25ClN2O/c19-17-13-15-5-2-1-4-14(15)12-16(17)6-3-7-18(22)21-10-8-20-9-11-21/h12-13,20H,1-11H2. The predicted molar refractivity (Wildman–Crippen MR) is 90.5 cm³/mol. The lowest BCUT2D eigenvalue weighted by molar-refractivity contribution is -0.131. The van der Waals surface area contributed by atoms with Crippen LogP contribution in [0.4, 0.5) is 0 Å². The van der Waals surface area contributed by atoms with Crippen LogP contribution in [-0.4, -0.2) is 37.0 Å². The molecule has 0 saturated carbocycles. The number of rotatable bonds is 4. The molecular formula is C18H25ClN2O. The highest BCUT2D eigenvalue weighted by atomic mass is 35.5. The van der Waals surface area contributed by atoms with Gasteiger partial charge in [-0.15, -0.1) is 0 Å². The van der Waals surface area contributed by atoms with Gasteiger partial charge in [0.2, 0.25) is 5.91 Å². The Balaban J connectivity index is 1.54. The van der Waals surface area contributed by atoms with Gasteiger partial charge in [0.1, 0.15) is 0 Å². The number of carbonyl (C=O) groups is 1. The van der Waals surface area contributed by atoms with Crippen LogP contribution < -0.4 is 5.32 Å². The van der Waals surface area contributed by atoms with E-state index in [0.29, 0.717) is 6.42 Å². The number of benzene rings is 1. The van der Waals surface area contributed by atoms with Gasteiger partial charge in [0.15, 0.2) is 0 Å². The summed E-state index contributed by atoms with van der Waals surface area (Å²) >= 11 is 6.42. The van der Waals surface area contributed by atoms with Crippen molar-refractivity contribution in [3.8, 4) is 0 Å². The Morgan fingerprint density at radius 1 is 1.14 bits per heavy atom. The molecule has 3 rings (SSSR count). The van der Waals surface area contributed by atoms with Crippen LogP contribution >= 0.6 is 11.6 Å². The van der Waals surface area contributed by atoms with Crippen molar-refractivity contribution >= 4 is 17.5 Å². The molecule has 120 valence electrons. The minimum atomic E-state index is 0.288. The molecule has 1 aliphatic heterocycles. The van der Waals surface area contributed by atoms with Gasteiger partial charge >= 0.3 is 0 Å². The number of amides is 1. The Morgan fingerprint density at radius 3 is 2.55 bits per heavy atom. The first kappa shape index (κ1) is 15.8. The lowest BCUT2D eigenvalue weighted by Crippen LogP contribution is -2.46. The fraction of sp³-hybridized carbons (Fsp3) is 0.611. The summed E-state index contributed by atoms with van der Waals surface area (Å²) in [6, 6.07) is 4.44. The van der Waals surface area contributed by atoms with E-state index in [1.807, 2.05) is 4.90 Å². The van der Waals surface area contributed by atoms with Crippen molar-refractivity contribution in [2.24, 2.45) is 0 Å². The number of halogens is 1. The molecule has 0 radical (unpaired) electrons. The first-order valence-corrected chi connectivity index (χ1v) is 8.90. The molecule has 1 fully saturated rings. The summed E-state index contributed by atoms with van der Waals surface area (Å²) in [6.07, 6.45) is 7.34. The fourth-order valence-corrected chi connectivity index (χ4v) is 3.78. The molecule has 2 aliphatic rings. The molecule has 1 amide bonds. The van der Waals surface area contributed by atoms with E-state index in [4.69, 9.17) is 11.6 Å². The average molecular weight is 321 g/mol. The second kappa shape index (κ2) is 7.47. The second-order valence-corrected chi connectivity index (χ2v) is 6.81. The Kier molecular flexibility index (Phi) is 5.37. The summed E-state index contributed by atoms with van der Waals surface area (Å²) in [7, 11) is 0. The van der Waals surface area contributed by atoms with Crippen molar-refractivity contribution in [2.75, 3.05) is 26.2 Å². The van der Waals surface area contributed by atoms with Crippen LogP contribution in [0.25, 0.3) is 0 Å². The molecule has 1 aliphatic carbocycles. The van der Waals surface area contributed by atoms with E-state index in [1.54, 1.807) is 0 Å². The second-order valence-electron chi connectivity index (χ2n) is 6.40. The molecule has 0 bridgehead atoms. The summed E-state index contributed by atoms with van der Waals surface area (Å²) in [5.74, 6) is 0.288. The van der Waals surface area contributed by atoms with Crippen molar-refractivity contribution in [3.63, 3.8) is 0 Å².